The Hall–Kier alpha value is -0.830. The number of hydrogen-bond acceptors (Lipinski definition) is 3. The van der Waals surface area contributed by atoms with Gasteiger partial charge in [-0.3, -0.25) is 4.79 Å². The van der Waals surface area contributed by atoms with Gasteiger partial charge >= 0.3 is 5.97 Å². The summed E-state index contributed by atoms with van der Waals surface area (Å²) in [5, 5.41) is 0. The van der Waals surface area contributed by atoms with Crippen LogP contribution in [0.1, 0.15) is 19.8 Å². The predicted octanol–water partition coefficient (Wildman–Crippen LogP) is 1.09. The first kappa shape index (κ1) is 9.71. The molecule has 0 aromatic heterocycles. The minimum Gasteiger partial charge on any atom is -0.466 e. The first-order valence-corrected chi connectivity index (χ1v) is 5.34. The Balaban J connectivity index is 2.12. The number of ether oxygens (including phenoxy) is 1. The number of hydrogen-bond donors (Lipinski definition) is 1. The third kappa shape index (κ3) is 1.46. The SMILES string of the molecule is CCOC(=O)[C@H]1[C@@H](N)[C@@H]2C=C[C@H]1CC2. The molecule has 78 valence electrons. The number of carbonyl (C=O) groups is 1. The van der Waals surface area contributed by atoms with E-state index in [1.54, 1.807) is 0 Å². The van der Waals surface area contributed by atoms with Gasteiger partial charge in [-0.05, 0) is 31.6 Å². The van der Waals surface area contributed by atoms with Gasteiger partial charge in [0.1, 0.15) is 0 Å². The van der Waals surface area contributed by atoms with Gasteiger partial charge < -0.3 is 10.5 Å². The van der Waals surface area contributed by atoms with Crippen LogP contribution in [0.3, 0.4) is 0 Å². The summed E-state index contributed by atoms with van der Waals surface area (Å²) in [7, 11) is 0. The molecule has 0 amide bonds. The van der Waals surface area contributed by atoms with Gasteiger partial charge in [-0.25, -0.2) is 0 Å². The lowest BCUT2D eigenvalue weighted by atomic mass is 9.66. The van der Waals surface area contributed by atoms with E-state index >= 15 is 0 Å². The number of nitrogens with two attached hydrogens (primary N) is 1. The van der Waals surface area contributed by atoms with Crippen LogP contribution in [0.2, 0.25) is 0 Å². The van der Waals surface area contributed by atoms with Crippen molar-refractivity contribution in [2.75, 3.05) is 6.61 Å². The lowest BCUT2D eigenvalue weighted by Crippen LogP contribution is -2.50. The molecule has 0 radical (unpaired) electrons. The largest absolute Gasteiger partial charge is 0.466 e. The summed E-state index contributed by atoms with van der Waals surface area (Å²) in [6.45, 7) is 2.28. The first-order chi connectivity index (χ1) is 6.74. The van der Waals surface area contributed by atoms with Crippen LogP contribution < -0.4 is 5.73 Å². The Bertz CT molecular complexity index is 262. The van der Waals surface area contributed by atoms with E-state index in [2.05, 4.69) is 12.2 Å². The molecule has 0 saturated heterocycles. The molecule has 0 heterocycles. The standard InChI is InChI=1S/C11H17NO2/c1-2-14-11(13)9-7-3-5-8(6-4-7)10(9)12/h3,5,7-10H,2,4,6,12H2,1H3/t7-,8+,9+,10-/m0/s1. The van der Waals surface area contributed by atoms with E-state index in [0.717, 1.165) is 12.8 Å². The molecule has 0 aromatic carbocycles. The second kappa shape index (κ2) is 3.73. The van der Waals surface area contributed by atoms with E-state index < -0.39 is 0 Å². The van der Waals surface area contributed by atoms with Crippen LogP contribution in [0.15, 0.2) is 12.2 Å². The normalized spacial score (nSPS) is 39.9. The van der Waals surface area contributed by atoms with Gasteiger partial charge in [0, 0.05) is 6.04 Å². The molecule has 14 heavy (non-hydrogen) atoms. The van der Waals surface area contributed by atoms with Crippen molar-refractivity contribution in [2.45, 2.75) is 25.8 Å². The third-order valence-electron chi connectivity index (χ3n) is 3.37. The number of allylic oxidation sites excluding steroid dienone is 1. The maximum atomic E-state index is 11.7. The summed E-state index contributed by atoms with van der Waals surface area (Å²) >= 11 is 0. The Labute approximate surface area is 84.3 Å². The lowest BCUT2D eigenvalue weighted by Gasteiger charge is -2.41. The molecular weight excluding hydrogens is 178 g/mol. The van der Waals surface area contributed by atoms with E-state index in [-0.39, 0.29) is 17.9 Å². The highest BCUT2D eigenvalue weighted by Gasteiger charge is 2.43. The van der Waals surface area contributed by atoms with Crippen molar-refractivity contribution in [2.24, 2.45) is 23.5 Å². The van der Waals surface area contributed by atoms with Crippen molar-refractivity contribution in [3.8, 4) is 0 Å². The minimum absolute atomic E-state index is 0.0298. The van der Waals surface area contributed by atoms with E-state index in [4.69, 9.17) is 10.5 Å². The smallest absolute Gasteiger partial charge is 0.311 e. The maximum absolute atomic E-state index is 11.7. The van der Waals surface area contributed by atoms with Gasteiger partial charge in [-0.1, -0.05) is 12.2 Å². The second-order valence-electron chi connectivity index (χ2n) is 4.15. The number of fused-ring (bicyclic) bond motifs is 2. The Morgan fingerprint density at radius 2 is 2.07 bits per heavy atom. The van der Waals surface area contributed by atoms with Crippen LogP contribution in [-0.2, 0) is 9.53 Å². The van der Waals surface area contributed by atoms with Gasteiger partial charge in [0.25, 0.3) is 0 Å². The highest BCUT2D eigenvalue weighted by Crippen LogP contribution is 2.40. The van der Waals surface area contributed by atoms with Crippen LogP contribution in [-0.4, -0.2) is 18.6 Å². The molecule has 3 rings (SSSR count). The summed E-state index contributed by atoms with van der Waals surface area (Å²) in [5.74, 6) is 0.487. The van der Waals surface area contributed by atoms with Crippen molar-refractivity contribution in [1.82, 2.24) is 0 Å². The first-order valence-electron chi connectivity index (χ1n) is 5.34. The van der Waals surface area contributed by atoms with Crippen molar-refractivity contribution in [3.63, 3.8) is 0 Å². The van der Waals surface area contributed by atoms with E-state index in [1.165, 1.54) is 0 Å². The average Bonchev–Trinajstić information content (AvgIpc) is 2.19. The number of esters is 1. The Kier molecular flexibility index (Phi) is 2.59. The summed E-state index contributed by atoms with van der Waals surface area (Å²) in [4.78, 5) is 11.7. The second-order valence-corrected chi connectivity index (χ2v) is 4.15. The molecule has 0 spiro atoms. The fourth-order valence-electron chi connectivity index (χ4n) is 2.60. The molecule has 2 bridgehead atoms. The number of rotatable bonds is 2. The van der Waals surface area contributed by atoms with Gasteiger partial charge in [0.15, 0.2) is 0 Å². The van der Waals surface area contributed by atoms with Gasteiger partial charge in [-0.2, -0.15) is 0 Å². The third-order valence-corrected chi connectivity index (χ3v) is 3.37. The van der Waals surface area contributed by atoms with Crippen LogP contribution in [0, 0.1) is 17.8 Å². The summed E-state index contributed by atoms with van der Waals surface area (Å²) in [5.41, 5.74) is 6.04. The number of carbonyl (C=O) groups excluding carboxylic acids is 1. The zero-order chi connectivity index (χ0) is 10.1. The van der Waals surface area contributed by atoms with Crippen molar-refractivity contribution in [1.29, 1.82) is 0 Å². The molecule has 0 unspecified atom stereocenters. The fourth-order valence-corrected chi connectivity index (χ4v) is 2.60. The minimum atomic E-state index is -0.112. The summed E-state index contributed by atoms with van der Waals surface area (Å²) in [6, 6.07) is -0.0298. The van der Waals surface area contributed by atoms with E-state index in [9.17, 15) is 4.79 Å². The van der Waals surface area contributed by atoms with Gasteiger partial charge in [0.2, 0.25) is 0 Å². The quantitative estimate of drug-likeness (QED) is 0.530. The highest BCUT2D eigenvalue weighted by atomic mass is 16.5. The monoisotopic (exact) mass is 195 g/mol. The van der Waals surface area contributed by atoms with Crippen molar-refractivity contribution < 1.29 is 9.53 Å². The molecule has 2 N–H and O–H groups in total. The molecule has 1 fully saturated rings. The van der Waals surface area contributed by atoms with Crippen LogP contribution >= 0.6 is 0 Å². The zero-order valence-electron chi connectivity index (χ0n) is 8.48. The fraction of sp³-hybridized carbons (Fsp3) is 0.727. The molecule has 0 aromatic rings. The van der Waals surface area contributed by atoms with Crippen LogP contribution in [0.25, 0.3) is 0 Å². The molecule has 3 nitrogen and oxygen atoms in total. The van der Waals surface area contributed by atoms with Gasteiger partial charge in [0.05, 0.1) is 12.5 Å². The van der Waals surface area contributed by atoms with Crippen molar-refractivity contribution >= 4 is 5.97 Å². The molecule has 4 atom stereocenters. The van der Waals surface area contributed by atoms with Gasteiger partial charge in [-0.15, -0.1) is 0 Å². The van der Waals surface area contributed by atoms with E-state index in [0.29, 0.717) is 18.4 Å². The lowest BCUT2D eigenvalue weighted by molar-refractivity contribution is -0.152. The van der Waals surface area contributed by atoms with Crippen LogP contribution in [0.5, 0.6) is 0 Å². The maximum Gasteiger partial charge on any atom is 0.311 e. The zero-order valence-corrected chi connectivity index (χ0v) is 8.48. The van der Waals surface area contributed by atoms with E-state index in [1.807, 2.05) is 6.92 Å². The molecule has 3 aliphatic carbocycles. The van der Waals surface area contributed by atoms with Crippen molar-refractivity contribution in [3.05, 3.63) is 12.2 Å². The molecule has 1 saturated carbocycles. The Morgan fingerprint density at radius 3 is 2.57 bits per heavy atom. The summed E-state index contributed by atoms with van der Waals surface area (Å²) < 4.78 is 5.05. The van der Waals surface area contributed by atoms with Crippen LogP contribution in [0.4, 0.5) is 0 Å². The molecule has 3 aliphatic rings. The Morgan fingerprint density at radius 1 is 1.43 bits per heavy atom. The predicted molar refractivity (Wildman–Crippen MR) is 53.5 cm³/mol. The highest BCUT2D eigenvalue weighted by molar-refractivity contribution is 5.74. The molecule has 3 heteroatoms. The molecule has 0 aliphatic heterocycles. The topological polar surface area (TPSA) is 52.3 Å². The average molecular weight is 195 g/mol. The molecular formula is C11H17NO2. The summed E-state index contributed by atoms with van der Waals surface area (Å²) in [6.07, 6.45) is 6.50.